The van der Waals surface area contributed by atoms with Crippen LogP contribution >= 0.6 is 12.2 Å². The molecule has 0 spiro atoms. The van der Waals surface area contributed by atoms with Gasteiger partial charge in [-0.2, -0.15) is 0 Å². The quantitative estimate of drug-likeness (QED) is 0.537. The topological polar surface area (TPSA) is 84.9 Å². The van der Waals surface area contributed by atoms with Crippen LogP contribution in [0.1, 0.15) is 19.4 Å². The van der Waals surface area contributed by atoms with E-state index in [-0.39, 0.29) is 5.92 Å². The van der Waals surface area contributed by atoms with Gasteiger partial charge in [0.15, 0.2) is 0 Å². The third-order valence-electron chi connectivity index (χ3n) is 3.54. The van der Waals surface area contributed by atoms with E-state index >= 15 is 0 Å². The molecule has 0 aliphatic heterocycles. The molecule has 1 aromatic rings. The number of thiocarbonyl (C=S) groups is 1. The number of hydrogen-bond donors (Lipinski definition) is 2. The van der Waals surface area contributed by atoms with E-state index in [1.165, 1.54) is 14.0 Å². The molecule has 24 heavy (non-hydrogen) atoms. The van der Waals surface area contributed by atoms with Gasteiger partial charge in [0.05, 0.1) is 24.6 Å². The van der Waals surface area contributed by atoms with Gasteiger partial charge in [-0.05, 0) is 18.9 Å². The maximum atomic E-state index is 11.6. The fourth-order valence-electron chi connectivity index (χ4n) is 2.28. The van der Waals surface area contributed by atoms with Gasteiger partial charge in [-0.3, -0.25) is 4.79 Å². The molecule has 0 aliphatic carbocycles. The van der Waals surface area contributed by atoms with Crippen LogP contribution in [0, 0.1) is 5.92 Å². The Morgan fingerprint density at radius 1 is 1.29 bits per heavy atom. The number of methoxy groups -OCH3 is 1. The van der Waals surface area contributed by atoms with Crippen molar-refractivity contribution in [1.29, 1.82) is 0 Å². The van der Waals surface area contributed by atoms with Gasteiger partial charge in [0.25, 0.3) is 0 Å². The Morgan fingerprint density at radius 3 is 2.42 bits per heavy atom. The summed E-state index contributed by atoms with van der Waals surface area (Å²) in [7, 11) is 1.23. The van der Waals surface area contributed by atoms with Crippen molar-refractivity contribution < 1.29 is 24.2 Å². The van der Waals surface area contributed by atoms with Gasteiger partial charge in [-0.25, -0.2) is 4.79 Å². The van der Waals surface area contributed by atoms with Crippen molar-refractivity contribution in [3.8, 4) is 0 Å². The van der Waals surface area contributed by atoms with E-state index in [1.54, 1.807) is 6.92 Å². The normalized spacial score (nSPS) is 14.2. The highest BCUT2D eigenvalue weighted by molar-refractivity contribution is 7.80. The Kier molecular flexibility index (Phi) is 8.35. The summed E-state index contributed by atoms with van der Waals surface area (Å²) in [6, 6.07) is 8.66. The Hall–Kier alpha value is -1.99. The Balaban J connectivity index is 2.92. The second-order valence-corrected chi connectivity index (χ2v) is 5.82. The highest BCUT2D eigenvalue weighted by atomic mass is 32.1. The van der Waals surface area contributed by atoms with Crippen LogP contribution in [0.3, 0.4) is 0 Å². The molecule has 2 N–H and O–H groups in total. The molecule has 0 saturated carbocycles. The summed E-state index contributed by atoms with van der Waals surface area (Å²) in [6.07, 6.45) is 0.0418. The van der Waals surface area contributed by atoms with Crippen molar-refractivity contribution in [2.45, 2.75) is 32.4 Å². The van der Waals surface area contributed by atoms with E-state index < -0.39 is 30.7 Å². The van der Waals surface area contributed by atoms with Crippen molar-refractivity contribution in [3.63, 3.8) is 0 Å². The van der Waals surface area contributed by atoms with E-state index in [9.17, 15) is 14.7 Å². The summed E-state index contributed by atoms with van der Waals surface area (Å²) >= 11 is 5.39. The number of carbonyl (C=O) groups excluding carboxylic acids is 2. The Labute approximate surface area is 147 Å². The molecule has 0 unspecified atom stereocenters. The summed E-state index contributed by atoms with van der Waals surface area (Å²) < 4.78 is 9.88. The van der Waals surface area contributed by atoms with Crippen LogP contribution in [0.5, 0.6) is 0 Å². The monoisotopic (exact) mass is 353 g/mol. The smallest absolute Gasteiger partial charge is 0.330 e. The van der Waals surface area contributed by atoms with E-state index in [0.29, 0.717) is 11.4 Å². The van der Waals surface area contributed by atoms with Gasteiger partial charge >= 0.3 is 11.9 Å². The molecule has 132 valence electrons. The standard InChI is InChI=1S/C17H23NO5S/c1-11(23-12(2)20)14(9-13-7-5-4-6-8-13)16(24)18-15(10-19)17(21)22-3/h4-8,11,14-15,19H,9-10H2,1-3H3,(H,18,24)/t11-,14+,15-/m0/s1. The number of esters is 2. The second-order valence-electron chi connectivity index (χ2n) is 5.38. The fraction of sp³-hybridized carbons (Fsp3) is 0.471. The maximum absolute atomic E-state index is 11.6. The van der Waals surface area contributed by atoms with Crippen LogP contribution in [0.15, 0.2) is 30.3 Å². The molecular formula is C17H23NO5S. The second kappa shape index (κ2) is 10.00. The van der Waals surface area contributed by atoms with Crippen LogP contribution < -0.4 is 5.32 Å². The van der Waals surface area contributed by atoms with Crippen LogP contribution in [0.2, 0.25) is 0 Å². The van der Waals surface area contributed by atoms with Crippen LogP contribution in [0.25, 0.3) is 0 Å². The zero-order valence-corrected chi connectivity index (χ0v) is 14.8. The van der Waals surface area contributed by atoms with Crippen LogP contribution in [-0.2, 0) is 25.5 Å². The van der Waals surface area contributed by atoms with Crippen molar-refractivity contribution in [1.82, 2.24) is 5.32 Å². The molecule has 6 nitrogen and oxygen atoms in total. The third kappa shape index (κ3) is 6.25. The van der Waals surface area contributed by atoms with Gasteiger partial charge in [-0.1, -0.05) is 42.5 Å². The molecule has 0 radical (unpaired) electrons. The minimum absolute atomic E-state index is 0.331. The van der Waals surface area contributed by atoms with Gasteiger partial charge in [0, 0.05) is 6.92 Å². The molecule has 0 heterocycles. The molecule has 3 atom stereocenters. The highest BCUT2D eigenvalue weighted by Crippen LogP contribution is 2.17. The summed E-state index contributed by atoms with van der Waals surface area (Å²) in [4.78, 5) is 23.2. The first kappa shape index (κ1) is 20.1. The maximum Gasteiger partial charge on any atom is 0.330 e. The van der Waals surface area contributed by atoms with Gasteiger partial charge in [0.1, 0.15) is 12.1 Å². The number of ether oxygens (including phenoxy) is 2. The van der Waals surface area contributed by atoms with Crippen molar-refractivity contribution >= 4 is 29.1 Å². The molecule has 0 saturated heterocycles. The molecule has 1 rings (SSSR count). The van der Waals surface area contributed by atoms with Crippen molar-refractivity contribution in [3.05, 3.63) is 35.9 Å². The third-order valence-corrected chi connectivity index (χ3v) is 3.96. The lowest BCUT2D eigenvalue weighted by atomic mass is 9.94. The molecule has 0 bridgehead atoms. The molecule has 0 fully saturated rings. The predicted molar refractivity (Wildman–Crippen MR) is 93.5 cm³/mol. The lowest BCUT2D eigenvalue weighted by molar-refractivity contribution is -0.147. The summed E-state index contributed by atoms with van der Waals surface area (Å²) in [5.41, 5.74) is 1.02. The SMILES string of the molecule is COC(=O)[C@H](CO)NC(=S)[C@H](Cc1ccccc1)[C@H](C)OC(C)=O. The first-order valence-electron chi connectivity index (χ1n) is 7.59. The number of carbonyl (C=O) groups is 2. The molecule has 7 heteroatoms. The highest BCUT2D eigenvalue weighted by Gasteiger charge is 2.28. The Morgan fingerprint density at radius 2 is 1.92 bits per heavy atom. The first-order valence-corrected chi connectivity index (χ1v) is 8.00. The van der Waals surface area contributed by atoms with Gasteiger partial charge < -0.3 is 19.9 Å². The fourth-order valence-corrected chi connectivity index (χ4v) is 2.70. The summed E-state index contributed by atoms with van der Waals surface area (Å²) in [5.74, 6) is -1.36. The number of rotatable bonds is 8. The molecule has 0 amide bonds. The zero-order chi connectivity index (χ0) is 18.1. The number of benzene rings is 1. The molecule has 1 aromatic carbocycles. The lowest BCUT2D eigenvalue weighted by Crippen LogP contribution is -2.48. The van der Waals surface area contributed by atoms with E-state index in [1.807, 2.05) is 30.3 Å². The number of nitrogens with one attached hydrogen (secondary N) is 1. The average molecular weight is 353 g/mol. The number of hydrogen-bond acceptors (Lipinski definition) is 6. The Bertz CT molecular complexity index is 563. The minimum atomic E-state index is -0.953. The summed E-state index contributed by atoms with van der Waals surface area (Å²) in [6.45, 7) is 2.62. The minimum Gasteiger partial charge on any atom is -0.467 e. The first-order chi connectivity index (χ1) is 11.4. The number of aliphatic hydroxyl groups excluding tert-OH is 1. The largest absolute Gasteiger partial charge is 0.467 e. The summed E-state index contributed by atoms with van der Waals surface area (Å²) in [5, 5.41) is 12.1. The zero-order valence-electron chi connectivity index (χ0n) is 14.0. The van der Waals surface area contributed by atoms with Crippen molar-refractivity contribution in [2.24, 2.45) is 5.92 Å². The van der Waals surface area contributed by atoms with E-state index in [0.717, 1.165) is 5.56 Å². The average Bonchev–Trinajstić information content (AvgIpc) is 2.56. The van der Waals surface area contributed by atoms with E-state index in [4.69, 9.17) is 17.0 Å². The van der Waals surface area contributed by atoms with E-state index in [2.05, 4.69) is 10.1 Å². The number of aliphatic hydroxyl groups is 1. The van der Waals surface area contributed by atoms with Gasteiger partial charge in [-0.15, -0.1) is 0 Å². The molecule has 0 aliphatic rings. The lowest BCUT2D eigenvalue weighted by Gasteiger charge is -2.27. The van der Waals surface area contributed by atoms with Crippen LogP contribution in [-0.4, -0.2) is 47.9 Å². The van der Waals surface area contributed by atoms with Crippen molar-refractivity contribution in [2.75, 3.05) is 13.7 Å². The molecule has 0 aromatic heterocycles. The molecular weight excluding hydrogens is 330 g/mol. The van der Waals surface area contributed by atoms with Crippen LogP contribution in [0.4, 0.5) is 0 Å². The predicted octanol–water partition coefficient (Wildman–Crippen LogP) is 1.25. The van der Waals surface area contributed by atoms with Gasteiger partial charge in [0.2, 0.25) is 0 Å².